The molecule has 2 aromatic carbocycles. The van der Waals surface area contributed by atoms with Crippen molar-refractivity contribution < 1.29 is 9.13 Å². The number of fused-ring (bicyclic) bond motifs is 1. The second-order valence-electron chi connectivity index (χ2n) is 10.3. The molecule has 0 aliphatic heterocycles. The van der Waals surface area contributed by atoms with E-state index in [-0.39, 0.29) is 5.82 Å². The van der Waals surface area contributed by atoms with Gasteiger partial charge in [-0.25, -0.2) is 4.39 Å². The molecule has 0 bridgehead atoms. The molecular weight excluding hydrogens is 395 g/mol. The number of ether oxygens (including phenoxy) is 1. The van der Waals surface area contributed by atoms with E-state index in [2.05, 4.69) is 13.0 Å². The Morgan fingerprint density at radius 2 is 1.59 bits per heavy atom. The monoisotopic (exact) mass is 436 g/mol. The Kier molecular flexibility index (Phi) is 8.27. The minimum atomic E-state index is -0.0381. The Hall–Kier alpha value is -1.83. The smallest absolute Gasteiger partial charge is 0.134 e. The molecule has 2 saturated carbocycles. The van der Waals surface area contributed by atoms with E-state index in [1.807, 2.05) is 43.3 Å². The van der Waals surface area contributed by atoms with E-state index in [4.69, 9.17) is 4.74 Å². The van der Waals surface area contributed by atoms with Crippen LogP contribution < -0.4 is 4.74 Å². The zero-order valence-corrected chi connectivity index (χ0v) is 20.1. The zero-order chi connectivity index (χ0) is 22.3. The zero-order valence-electron chi connectivity index (χ0n) is 20.1. The average Bonchev–Trinajstić information content (AvgIpc) is 2.84. The van der Waals surface area contributed by atoms with Gasteiger partial charge in [0.25, 0.3) is 0 Å². The summed E-state index contributed by atoms with van der Waals surface area (Å²) in [5.41, 5.74) is 0.875. The lowest BCUT2D eigenvalue weighted by Crippen LogP contribution is -2.25. The Morgan fingerprint density at radius 1 is 0.906 bits per heavy atom. The fourth-order valence-electron chi connectivity index (χ4n) is 6.21. The fraction of sp³-hybridized carbons (Fsp3) is 0.600. The highest BCUT2D eigenvalue weighted by Crippen LogP contribution is 2.42. The molecule has 0 spiro atoms. The highest BCUT2D eigenvalue weighted by atomic mass is 19.1. The van der Waals surface area contributed by atoms with Crippen LogP contribution in [-0.2, 0) is 6.42 Å². The molecule has 2 aliphatic carbocycles. The Labute approximate surface area is 194 Å². The summed E-state index contributed by atoms with van der Waals surface area (Å²) in [5.74, 6) is 4.48. The maximum atomic E-state index is 15.2. The molecule has 0 N–H and O–H groups in total. The Balaban J connectivity index is 1.28. The van der Waals surface area contributed by atoms with E-state index < -0.39 is 0 Å². The van der Waals surface area contributed by atoms with Crippen LogP contribution in [0.5, 0.6) is 5.75 Å². The third-order valence-corrected chi connectivity index (χ3v) is 8.44. The third-order valence-electron chi connectivity index (χ3n) is 8.44. The van der Waals surface area contributed by atoms with Crippen LogP contribution in [0.15, 0.2) is 42.5 Å². The Bertz CT molecular complexity index is 885. The average molecular weight is 437 g/mol. The van der Waals surface area contributed by atoms with Gasteiger partial charge in [0.05, 0.1) is 0 Å². The van der Waals surface area contributed by atoms with Crippen molar-refractivity contribution in [2.45, 2.75) is 84.5 Å². The fourth-order valence-corrected chi connectivity index (χ4v) is 6.21. The first-order chi connectivity index (χ1) is 15.7. The lowest BCUT2D eigenvalue weighted by atomic mass is 9.68. The van der Waals surface area contributed by atoms with Crippen molar-refractivity contribution in [1.82, 2.24) is 0 Å². The highest BCUT2D eigenvalue weighted by molar-refractivity contribution is 5.85. The van der Waals surface area contributed by atoms with Crippen LogP contribution in [0.4, 0.5) is 4.39 Å². The first-order valence-electron chi connectivity index (χ1n) is 13.1. The van der Waals surface area contributed by atoms with Crippen molar-refractivity contribution in [2.75, 3.05) is 6.61 Å². The summed E-state index contributed by atoms with van der Waals surface area (Å²) < 4.78 is 20.9. The van der Waals surface area contributed by atoms with Gasteiger partial charge in [-0.3, -0.25) is 0 Å². The molecule has 0 aromatic heterocycles. The van der Waals surface area contributed by atoms with Gasteiger partial charge < -0.3 is 4.74 Å². The molecule has 2 fully saturated rings. The topological polar surface area (TPSA) is 9.23 Å². The largest absolute Gasteiger partial charge is 0.490 e. The van der Waals surface area contributed by atoms with Gasteiger partial charge in [0.2, 0.25) is 0 Å². The van der Waals surface area contributed by atoms with Crippen molar-refractivity contribution in [1.29, 1.82) is 0 Å². The van der Waals surface area contributed by atoms with Crippen LogP contribution in [0.2, 0.25) is 0 Å². The molecule has 174 valence electrons. The normalized spacial score (nSPS) is 26.6. The van der Waals surface area contributed by atoms with Gasteiger partial charge in [-0.05, 0) is 98.3 Å². The number of aryl methyl sites for hydroxylation is 1. The van der Waals surface area contributed by atoms with E-state index in [1.165, 1.54) is 57.8 Å². The van der Waals surface area contributed by atoms with Crippen LogP contribution >= 0.6 is 0 Å². The minimum Gasteiger partial charge on any atom is -0.490 e. The molecule has 2 aromatic rings. The van der Waals surface area contributed by atoms with Gasteiger partial charge in [0, 0.05) is 5.39 Å². The minimum absolute atomic E-state index is 0.0381. The highest BCUT2D eigenvalue weighted by Gasteiger charge is 2.30. The van der Waals surface area contributed by atoms with Crippen molar-refractivity contribution in [2.24, 2.45) is 23.7 Å². The molecule has 0 unspecified atom stereocenters. The molecule has 0 heterocycles. The van der Waals surface area contributed by atoms with E-state index in [9.17, 15) is 0 Å². The number of hydrogen-bond acceptors (Lipinski definition) is 1. The molecule has 2 aliphatic rings. The van der Waals surface area contributed by atoms with Gasteiger partial charge >= 0.3 is 0 Å². The maximum absolute atomic E-state index is 15.2. The molecule has 2 heteroatoms. The molecule has 4 rings (SSSR count). The number of benzene rings is 2. The van der Waals surface area contributed by atoms with E-state index >= 15 is 4.39 Å². The number of halogens is 1. The first kappa shape index (κ1) is 23.3. The summed E-state index contributed by atoms with van der Waals surface area (Å²) in [6.45, 7) is 4.88. The second-order valence-corrected chi connectivity index (χ2v) is 10.3. The lowest BCUT2D eigenvalue weighted by Gasteiger charge is -2.37. The maximum Gasteiger partial charge on any atom is 0.134 e. The molecule has 0 amide bonds. The predicted molar refractivity (Wildman–Crippen MR) is 134 cm³/mol. The molecule has 0 saturated heterocycles. The standard InChI is InChI=1S/C30H41FO/c1-3-5-20-32-28-18-19-29-27(21-28)17-16-26(30(29)31)15-10-23-8-13-25(14-9-23)24-11-6-22(4-2)7-12-24/h3,5,16-19,21-25H,4,6-15,20H2,1-2H3. The van der Waals surface area contributed by atoms with Crippen LogP contribution in [0, 0.1) is 29.5 Å². The number of hydrogen-bond donors (Lipinski definition) is 0. The van der Waals surface area contributed by atoms with E-state index in [0.717, 1.165) is 53.2 Å². The Morgan fingerprint density at radius 3 is 2.25 bits per heavy atom. The van der Waals surface area contributed by atoms with Gasteiger partial charge in [-0.15, -0.1) is 0 Å². The summed E-state index contributed by atoms with van der Waals surface area (Å²) in [6.07, 6.45) is 18.7. The third kappa shape index (κ3) is 5.74. The molecule has 32 heavy (non-hydrogen) atoms. The second kappa shape index (κ2) is 11.3. The summed E-state index contributed by atoms with van der Waals surface area (Å²) in [5, 5.41) is 1.63. The quantitative estimate of drug-likeness (QED) is 0.375. The van der Waals surface area contributed by atoms with Gasteiger partial charge in [0.1, 0.15) is 18.2 Å². The van der Waals surface area contributed by atoms with Gasteiger partial charge in [-0.2, -0.15) is 0 Å². The predicted octanol–water partition coefficient (Wildman–Crippen LogP) is 8.89. The summed E-state index contributed by atoms with van der Waals surface area (Å²) in [7, 11) is 0. The van der Waals surface area contributed by atoms with E-state index in [0.29, 0.717) is 12.0 Å². The molecule has 0 radical (unpaired) electrons. The summed E-state index contributed by atoms with van der Waals surface area (Å²) in [4.78, 5) is 0. The van der Waals surface area contributed by atoms with Crippen molar-refractivity contribution in [3.8, 4) is 5.75 Å². The van der Waals surface area contributed by atoms with Crippen LogP contribution in [0.25, 0.3) is 10.8 Å². The number of rotatable bonds is 8. The molecule has 0 atom stereocenters. The van der Waals surface area contributed by atoms with Gasteiger partial charge in [0.15, 0.2) is 0 Å². The number of allylic oxidation sites excluding steroid dienone is 1. The van der Waals surface area contributed by atoms with Crippen molar-refractivity contribution in [3.63, 3.8) is 0 Å². The molecular formula is C30H41FO. The summed E-state index contributed by atoms with van der Waals surface area (Å²) >= 11 is 0. The van der Waals surface area contributed by atoms with Crippen LogP contribution in [0.1, 0.15) is 83.6 Å². The first-order valence-corrected chi connectivity index (χ1v) is 13.1. The van der Waals surface area contributed by atoms with E-state index in [1.54, 1.807) is 0 Å². The lowest BCUT2D eigenvalue weighted by molar-refractivity contribution is 0.142. The SMILES string of the molecule is CC=CCOc1ccc2c(F)c(CCC3CCC(C4CCC(CC)CC4)CC3)ccc2c1. The molecule has 1 nitrogen and oxygen atoms in total. The van der Waals surface area contributed by atoms with Gasteiger partial charge in [-0.1, -0.05) is 63.3 Å². The van der Waals surface area contributed by atoms with Crippen molar-refractivity contribution in [3.05, 3.63) is 53.9 Å². The van der Waals surface area contributed by atoms with Crippen LogP contribution in [-0.4, -0.2) is 6.61 Å². The summed E-state index contributed by atoms with van der Waals surface area (Å²) in [6, 6.07) is 9.75. The van der Waals surface area contributed by atoms with Crippen LogP contribution in [0.3, 0.4) is 0 Å². The van der Waals surface area contributed by atoms with Crippen molar-refractivity contribution >= 4 is 10.8 Å².